The zero-order valence-corrected chi connectivity index (χ0v) is 9.05. The summed E-state index contributed by atoms with van der Waals surface area (Å²) in [5.41, 5.74) is 1.09. The summed E-state index contributed by atoms with van der Waals surface area (Å²) in [5, 5.41) is 9.37. The van der Waals surface area contributed by atoms with Crippen LogP contribution in [0, 0.1) is 0 Å². The first kappa shape index (κ1) is 11.3. The predicted molar refractivity (Wildman–Crippen MR) is 58.0 cm³/mol. The van der Waals surface area contributed by atoms with E-state index in [2.05, 4.69) is 6.92 Å². The summed E-state index contributed by atoms with van der Waals surface area (Å²) in [6.07, 6.45) is 1.56. The highest BCUT2D eigenvalue weighted by atomic mass is 35.5. The van der Waals surface area contributed by atoms with Crippen molar-refractivity contribution in [3.63, 3.8) is 0 Å². The number of ether oxygens (including phenoxy) is 1. The van der Waals surface area contributed by atoms with Gasteiger partial charge in [-0.1, -0.05) is 18.5 Å². The number of benzene rings is 1. The number of hydrogen-bond donors (Lipinski definition) is 1. The molecule has 0 amide bonds. The van der Waals surface area contributed by atoms with Crippen LogP contribution in [0.3, 0.4) is 0 Å². The first-order chi connectivity index (χ1) is 6.77. The van der Waals surface area contributed by atoms with Crippen LogP contribution in [0.25, 0.3) is 0 Å². The lowest BCUT2D eigenvalue weighted by Crippen LogP contribution is -2.00. The van der Waals surface area contributed by atoms with E-state index in [0.29, 0.717) is 13.0 Å². The van der Waals surface area contributed by atoms with Crippen molar-refractivity contribution in [2.24, 2.45) is 0 Å². The molecule has 0 saturated carbocycles. The van der Waals surface area contributed by atoms with E-state index < -0.39 is 0 Å². The topological polar surface area (TPSA) is 29.5 Å². The van der Waals surface area contributed by atoms with E-state index in [0.717, 1.165) is 22.8 Å². The third-order valence-electron chi connectivity index (χ3n) is 1.97. The molecule has 1 aromatic rings. The maximum Gasteiger partial charge on any atom is 0.119 e. The predicted octanol–water partition coefficient (Wildman–Crippen LogP) is 2.66. The Morgan fingerprint density at radius 3 is 2.86 bits per heavy atom. The second-order valence-electron chi connectivity index (χ2n) is 3.03. The Morgan fingerprint density at radius 2 is 2.21 bits per heavy atom. The van der Waals surface area contributed by atoms with Gasteiger partial charge in [-0.15, -0.1) is 0 Å². The fraction of sp³-hybridized carbons (Fsp3) is 0.455. The van der Waals surface area contributed by atoms with Gasteiger partial charge in [0.1, 0.15) is 5.75 Å². The molecule has 0 aliphatic carbocycles. The lowest BCUT2D eigenvalue weighted by Gasteiger charge is -2.07. The van der Waals surface area contributed by atoms with E-state index in [-0.39, 0.29) is 6.61 Å². The van der Waals surface area contributed by atoms with E-state index in [9.17, 15) is 0 Å². The van der Waals surface area contributed by atoms with Gasteiger partial charge in [0.05, 0.1) is 6.61 Å². The molecule has 0 radical (unpaired) electrons. The van der Waals surface area contributed by atoms with Gasteiger partial charge in [-0.2, -0.15) is 0 Å². The minimum Gasteiger partial charge on any atom is -0.493 e. The lowest BCUT2D eigenvalue weighted by atomic mass is 10.1. The molecule has 0 fully saturated rings. The molecule has 0 unspecified atom stereocenters. The van der Waals surface area contributed by atoms with Gasteiger partial charge in [0.25, 0.3) is 0 Å². The SMILES string of the molecule is CCc1cc(OCCCO)ccc1Cl. The van der Waals surface area contributed by atoms with Gasteiger partial charge in [-0.25, -0.2) is 0 Å². The lowest BCUT2D eigenvalue weighted by molar-refractivity contribution is 0.233. The molecule has 0 saturated heterocycles. The molecule has 14 heavy (non-hydrogen) atoms. The van der Waals surface area contributed by atoms with Crippen LogP contribution >= 0.6 is 11.6 Å². The van der Waals surface area contributed by atoms with Crippen molar-refractivity contribution in [1.82, 2.24) is 0 Å². The minimum atomic E-state index is 0.161. The van der Waals surface area contributed by atoms with Crippen molar-refractivity contribution >= 4 is 11.6 Å². The number of halogens is 1. The van der Waals surface area contributed by atoms with Crippen LogP contribution in [0.15, 0.2) is 18.2 Å². The average molecular weight is 215 g/mol. The Balaban J connectivity index is 2.60. The van der Waals surface area contributed by atoms with Gasteiger partial charge in [0, 0.05) is 18.1 Å². The smallest absolute Gasteiger partial charge is 0.119 e. The molecule has 2 nitrogen and oxygen atoms in total. The van der Waals surface area contributed by atoms with E-state index in [4.69, 9.17) is 21.4 Å². The number of aliphatic hydroxyl groups excluding tert-OH is 1. The Morgan fingerprint density at radius 1 is 1.43 bits per heavy atom. The summed E-state index contributed by atoms with van der Waals surface area (Å²) in [6.45, 7) is 2.76. The normalized spacial score (nSPS) is 10.2. The van der Waals surface area contributed by atoms with Crippen LogP contribution in [-0.4, -0.2) is 18.3 Å². The van der Waals surface area contributed by atoms with Crippen LogP contribution in [0.5, 0.6) is 5.75 Å². The highest BCUT2D eigenvalue weighted by Gasteiger charge is 2.00. The summed E-state index contributed by atoms with van der Waals surface area (Å²) in [6, 6.07) is 5.63. The molecular weight excluding hydrogens is 200 g/mol. The van der Waals surface area contributed by atoms with Crippen LogP contribution in [0.4, 0.5) is 0 Å². The molecule has 0 atom stereocenters. The van der Waals surface area contributed by atoms with E-state index in [1.807, 2.05) is 18.2 Å². The van der Waals surface area contributed by atoms with Crippen molar-refractivity contribution in [3.05, 3.63) is 28.8 Å². The number of hydrogen-bond acceptors (Lipinski definition) is 2. The molecule has 0 bridgehead atoms. The summed E-state index contributed by atoms with van der Waals surface area (Å²) >= 11 is 5.96. The zero-order chi connectivity index (χ0) is 10.4. The number of rotatable bonds is 5. The molecule has 1 aromatic carbocycles. The van der Waals surface area contributed by atoms with Gasteiger partial charge < -0.3 is 9.84 Å². The summed E-state index contributed by atoms with van der Waals surface area (Å²) in [5.74, 6) is 0.819. The van der Waals surface area contributed by atoms with Crippen molar-refractivity contribution < 1.29 is 9.84 Å². The fourth-order valence-electron chi connectivity index (χ4n) is 1.17. The van der Waals surface area contributed by atoms with Gasteiger partial charge in [-0.05, 0) is 30.2 Å². The van der Waals surface area contributed by atoms with Crippen LogP contribution in [0.1, 0.15) is 18.9 Å². The largest absolute Gasteiger partial charge is 0.493 e. The minimum absolute atomic E-state index is 0.161. The Bertz CT molecular complexity index is 287. The standard InChI is InChI=1S/C11H15ClO2/c1-2-9-8-10(4-5-11(9)12)14-7-3-6-13/h4-5,8,13H,2-3,6-7H2,1H3. The molecule has 0 aliphatic rings. The van der Waals surface area contributed by atoms with Crippen molar-refractivity contribution in [3.8, 4) is 5.75 Å². The Labute approximate surface area is 89.5 Å². The van der Waals surface area contributed by atoms with Gasteiger partial charge in [-0.3, -0.25) is 0 Å². The number of aryl methyl sites for hydroxylation is 1. The highest BCUT2D eigenvalue weighted by Crippen LogP contribution is 2.22. The van der Waals surface area contributed by atoms with E-state index in [1.165, 1.54) is 0 Å². The molecule has 1 N–H and O–H groups in total. The molecule has 0 spiro atoms. The Hall–Kier alpha value is -0.730. The summed E-state index contributed by atoms with van der Waals surface area (Å²) in [4.78, 5) is 0. The fourth-order valence-corrected chi connectivity index (χ4v) is 1.42. The van der Waals surface area contributed by atoms with Crippen molar-refractivity contribution in [1.29, 1.82) is 0 Å². The third kappa shape index (κ3) is 3.20. The first-order valence-corrected chi connectivity index (χ1v) is 5.17. The molecule has 3 heteroatoms. The molecule has 78 valence electrons. The maximum absolute atomic E-state index is 8.59. The quantitative estimate of drug-likeness (QED) is 0.764. The average Bonchev–Trinajstić information content (AvgIpc) is 2.21. The van der Waals surface area contributed by atoms with Gasteiger partial charge >= 0.3 is 0 Å². The van der Waals surface area contributed by atoms with Crippen LogP contribution in [-0.2, 0) is 6.42 Å². The van der Waals surface area contributed by atoms with Crippen LogP contribution in [0.2, 0.25) is 5.02 Å². The van der Waals surface area contributed by atoms with Gasteiger partial charge in [0.2, 0.25) is 0 Å². The maximum atomic E-state index is 8.59. The third-order valence-corrected chi connectivity index (χ3v) is 2.34. The van der Waals surface area contributed by atoms with Gasteiger partial charge in [0.15, 0.2) is 0 Å². The summed E-state index contributed by atoms with van der Waals surface area (Å²) < 4.78 is 5.43. The molecule has 0 aliphatic heterocycles. The van der Waals surface area contributed by atoms with E-state index in [1.54, 1.807) is 0 Å². The van der Waals surface area contributed by atoms with Crippen molar-refractivity contribution in [2.75, 3.05) is 13.2 Å². The molecule has 0 heterocycles. The number of aliphatic hydroxyl groups is 1. The first-order valence-electron chi connectivity index (χ1n) is 4.80. The highest BCUT2D eigenvalue weighted by molar-refractivity contribution is 6.31. The second-order valence-corrected chi connectivity index (χ2v) is 3.44. The molecule has 0 aromatic heterocycles. The van der Waals surface area contributed by atoms with Crippen LogP contribution < -0.4 is 4.74 Å². The van der Waals surface area contributed by atoms with Crippen molar-refractivity contribution in [2.45, 2.75) is 19.8 Å². The Kier molecular flexibility index (Phi) is 4.77. The second kappa shape index (κ2) is 5.89. The molecular formula is C11H15ClO2. The summed E-state index contributed by atoms with van der Waals surface area (Å²) in [7, 11) is 0. The van der Waals surface area contributed by atoms with E-state index >= 15 is 0 Å². The monoisotopic (exact) mass is 214 g/mol. The molecule has 1 rings (SSSR count). The zero-order valence-electron chi connectivity index (χ0n) is 8.29.